The largest absolute Gasteiger partial charge is 0.492 e. The average Bonchev–Trinajstić information content (AvgIpc) is 2.75. The Bertz CT molecular complexity index is 594. The molecule has 3 N–H and O–H groups in total. The van der Waals surface area contributed by atoms with Gasteiger partial charge >= 0.3 is 0 Å². The highest BCUT2D eigenvalue weighted by Crippen LogP contribution is 2.23. The van der Waals surface area contributed by atoms with Crippen molar-refractivity contribution in [3.05, 3.63) is 46.7 Å². The minimum absolute atomic E-state index is 0.0342. The molecule has 0 bridgehead atoms. The number of rotatable bonds is 5. The highest BCUT2D eigenvalue weighted by molar-refractivity contribution is 6.30. The molecule has 0 atom stereocenters. The molecule has 0 aliphatic carbocycles. The first kappa shape index (κ1) is 13.4. The zero-order valence-electron chi connectivity index (χ0n) is 10.6. The molecular weight excluding hydrogens is 264 g/mol. The summed E-state index contributed by atoms with van der Waals surface area (Å²) >= 11 is 5.92. The van der Waals surface area contributed by atoms with Crippen LogP contribution in [0.4, 0.5) is 0 Å². The van der Waals surface area contributed by atoms with Crippen molar-refractivity contribution in [1.82, 2.24) is 9.78 Å². The van der Waals surface area contributed by atoms with Crippen LogP contribution >= 0.6 is 11.6 Å². The van der Waals surface area contributed by atoms with E-state index >= 15 is 0 Å². The number of halogens is 1. The van der Waals surface area contributed by atoms with Crippen LogP contribution in [0.1, 0.15) is 11.1 Å². The Hall–Kier alpha value is -2.01. The monoisotopic (exact) mass is 278 g/mol. The van der Waals surface area contributed by atoms with Crippen LogP contribution in [-0.2, 0) is 13.5 Å². The molecule has 0 aliphatic heterocycles. The quantitative estimate of drug-likeness (QED) is 0.648. The fourth-order valence-electron chi connectivity index (χ4n) is 1.72. The molecule has 100 valence electrons. The summed E-state index contributed by atoms with van der Waals surface area (Å²) in [6, 6.07) is 5.04. The Morgan fingerprint density at radius 2 is 2.32 bits per heavy atom. The maximum atomic E-state index is 7.49. The van der Waals surface area contributed by atoms with Gasteiger partial charge in [0.25, 0.3) is 0 Å². The van der Waals surface area contributed by atoms with Gasteiger partial charge in [0.1, 0.15) is 11.6 Å². The van der Waals surface area contributed by atoms with E-state index in [9.17, 15) is 0 Å². The van der Waals surface area contributed by atoms with Gasteiger partial charge in [-0.1, -0.05) is 11.6 Å². The predicted molar refractivity (Wildman–Crippen MR) is 74.9 cm³/mol. The number of aryl methyl sites for hydroxylation is 1. The van der Waals surface area contributed by atoms with Crippen LogP contribution in [-0.4, -0.2) is 22.2 Å². The highest BCUT2D eigenvalue weighted by atomic mass is 35.5. The van der Waals surface area contributed by atoms with Gasteiger partial charge in [0, 0.05) is 24.7 Å². The molecule has 0 aliphatic rings. The van der Waals surface area contributed by atoms with Crippen LogP contribution in [0.15, 0.2) is 30.6 Å². The number of nitrogen functional groups attached to an aromatic ring is 1. The summed E-state index contributed by atoms with van der Waals surface area (Å²) < 4.78 is 7.40. The van der Waals surface area contributed by atoms with E-state index in [0.717, 1.165) is 12.0 Å². The highest BCUT2D eigenvalue weighted by Gasteiger charge is 2.07. The molecule has 0 spiro atoms. The molecule has 0 amide bonds. The summed E-state index contributed by atoms with van der Waals surface area (Å²) in [5.41, 5.74) is 7.14. The molecule has 0 fully saturated rings. The van der Waals surface area contributed by atoms with E-state index in [4.69, 9.17) is 27.5 Å². The number of aromatic nitrogens is 2. The molecule has 0 saturated carbocycles. The van der Waals surface area contributed by atoms with Crippen molar-refractivity contribution < 1.29 is 4.74 Å². The number of hydrogen-bond acceptors (Lipinski definition) is 3. The normalized spacial score (nSPS) is 10.4. The van der Waals surface area contributed by atoms with E-state index in [0.29, 0.717) is 22.9 Å². The molecule has 2 aromatic rings. The van der Waals surface area contributed by atoms with Crippen molar-refractivity contribution >= 4 is 17.4 Å². The SMILES string of the molecule is Cn1cc(CCOc2cc(Cl)ccc2C(=N)N)cn1. The predicted octanol–water partition coefficient (Wildman–Crippen LogP) is 1.98. The summed E-state index contributed by atoms with van der Waals surface area (Å²) in [5.74, 6) is 0.497. The van der Waals surface area contributed by atoms with Crippen LogP contribution in [0, 0.1) is 5.41 Å². The number of amidine groups is 1. The molecule has 1 aromatic carbocycles. The molecular formula is C13H15ClN4O. The fraction of sp³-hybridized carbons (Fsp3) is 0.231. The second-order valence-corrected chi connectivity index (χ2v) is 4.61. The van der Waals surface area contributed by atoms with Gasteiger partial charge < -0.3 is 10.5 Å². The van der Waals surface area contributed by atoms with E-state index in [1.807, 2.05) is 13.2 Å². The smallest absolute Gasteiger partial charge is 0.131 e. The van der Waals surface area contributed by atoms with Crippen molar-refractivity contribution in [2.24, 2.45) is 12.8 Å². The molecule has 5 nitrogen and oxygen atoms in total. The molecule has 0 saturated heterocycles. The fourth-order valence-corrected chi connectivity index (χ4v) is 1.88. The third-order valence-electron chi connectivity index (χ3n) is 2.64. The molecule has 19 heavy (non-hydrogen) atoms. The van der Waals surface area contributed by atoms with Crippen molar-refractivity contribution in [2.45, 2.75) is 6.42 Å². The van der Waals surface area contributed by atoms with E-state index < -0.39 is 0 Å². The van der Waals surface area contributed by atoms with Gasteiger partial charge in [-0.15, -0.1) is 0 Å². The minimum Gasteiger partial charge on any atom is -0.492 e. The van der Waals surface area contributed by atoms with Crippen LogP contribution < -0.4 is 10.5 Å². The van der Waals surface area contributed by atoms with Crippen molar-refractivity contribution in [2.75, 3.05) is 6.61 Å². The summed E-state index contributed by atoms with van der Waals surface area (Å²) in [5, 5.41) is 12.1. The maximum absolute atomic E-state index is 7.49. The second-order valence-electron chi connectivity index (χ2n) is 4.17. The van der Waals surface area contributed by atoms with Crippen LogP contribution in [0.3, 0.4) is 0 Å². The van der Waals surface area contributed by atoms with Gasteiger partial charge in [-0.3, -0.25) is 10.1 Å². The summed E-state index contributed by atoms with van der Waals surface area (Å²) in [7, 11) is 1.87. The first-order chi connectivity index (χ1) is 9.06. The van der Waals surface area contributed by atoms with Crippen LogP contribution in [0.25, 0.3) is 0 Å². The summed E-state index contributed by atoms with van der Waals surface area (Å²) in [6.07, 6.45) is 4.47. The van der Waals surface area contributed by atoms with Crippen LogP contribution in [0.5, 0.6) is 5.75 Å². The van der Waals surface area contributed by atoms with Gasteiger partial charge in [0.15, 0.2) is 0 Å². The van der Waals surface area contributed by atoms with E-state index in [-0.39, 0.29) is 5.84 Å². The molecule has 1 aromatic heterocycles. The Labute approximate surface area is 116 Å². The minimum atomic E-state index is -0.0342. The number of hydrogen-bond donors (Lipinski definition) is 2. The van der Waals surface area contributed by atoms with E-state index in [1.165, 1.54) is 0 Å². The molecule has 6 heteroatoms. The summed E-state index contributed by atoms with van der Waals surface area (Å²) in [4.78, 5) is 0. The van der Waals surface area contributed by atoms with E-state index in [1.54, 1.807) is 29.1 Å². The number of nitrogens with one attached hydrogen (secondary N) is 1. The van der Waals surface area contributed by atoms with Gasteiger partial charge in [0.2, 0.25) is 0 Å². The van der Waals surface area contributed by atoms with Gasteiger partial charge in [-0.05, 0) is 23.8 Å². The number of benzene rings is 1. The molecule has 1 heterocycles. The Morgan fingerprint density at radius 3 is 2.95 bits per heavy atom. The second kappa shape index (κ2) is 5.75. The lowest BCUT2D eigenvalue weighted by molar-refractivity contribution is 0.321. The van der Waals surface area contributed by atoms with Gasteiger partial charge in [-0.25, -0.2) is 0 Å². The van der Waals surface area contributed by atoms with Crippen molar-refractivity contribution in [3.63, 3.8) is 0 Å². The standard InChI is InChI=1S/C13H15ClN4O/c1-18-8-9(7-17-18)4-5-19-12-6-10(14)2-3-11(12)13(15)16/h2-3,6-8H,4-5H2,1H3,(H3,15,16). The summed E-state index contributed by atoms with van der Waals surface area (Å²) in [6.45, 7) is 0.478. The Morgan fingerprint density at radius 1 is 1.53 bits per heavy atom. The average molecular weight is 279 g/mol. The molecule has 0 unspecified atom stereocenters. The van der Waals surface area contributed by atoms with Crippen LogP contribution in [0.2, 0.25) is 5.02 Å². The van der Waals surface area contributed by atoms with Crippen molar-refractivity contribution in [3.8, 4) is 5.75 Å². The first-order valence-corrected chi connectivity index (χ1v) is 6.18. The lowest BCUT2D eigenvalue weighted by Gasteiger charge is -2.10. The Kier molecular flexibility index (Phi) is 4.06. The number of ether oxygens (including phenoxy) is 1. The van der Waals surface area contributed by atoms with Gasteiger partial charge in [0.05, 0.1) is 18.4 Å². The maximum Gasteiger partial charge on any atom is 0.131 e. The lowest BCUT2D eigenvalue weighted by Crippen LogP contribution is -2.13. The Balaban J connectivity index is 2.02. The zero-order chi connectivity index (χ0) is 13.8. The third-order valence-corrected chi connectivity index (χ3v) is 2.88. The lowest BCUT2D eigenvalue weighted by atomic mass is 10.2. The number of nitrogens with two attached hydrogens (primary N) is 1. The topological polar surface area (TPSA) is 76.9 Å². The molecule has 0 radical (unpaired) electrons. The first-order valence-electron chi connectivity index (χ1n) is 5.80. The van der Waals surface area contributed by atoms with Gasteiger partial charge in [-0.2, -0.15) is 5.10 Å². The van der Waals surface area contributed by atoms with E-state index in [2.05, 4.69) is 5.10 Å². The molecule has 2 rings (SSSR count). The third kappa shape index (κ3) is 3.48. The number of nitrogens with zero attached hydrogens (tertiary/aromatic N) is 2. The zero-order valence-corrected chi connectivity index (χ0v) is 11.3. The van der Waals surface area contributed by atoms with Crippen molar-refractivity contribution in [1.29, 1.82) is 5.41 Å².